The van der Waals surface area contributed by atoms with Gasteiger partial charge in [-0.3, -0.25) is 8.22 Å². The minimum atomic E-state index is -3.00. The molecule has 0 nitrogen and oxygen atoms in total. The molecule has 0 N–H and O–H groups in total. The molecule has 2 unspecified atom stereocenters. The van der Waals surface area contributed by atoms with Gasteiger partial charge in [-0.15, -0.1) is 0 Å². The Kier molecular flexibility index (Phi) is 4.53. The van der Waals surface area contributed by atoms with Crippen molar-refractivity contribution in [1.82, 2.24) is 0 Å². The second kappa shape index (κ2) is 4.58. The first-order valence-electron chi connectivity index (χ1n) is 5.01. The van der Waals surface area contributed by atoms with E-state index in [1.54, 1.807) is 13.1 Å². The van der Waals surface area contributed by atoms with Crippen molar-refractivity contribution in [3.63, 3.8) is 0 Å². The SMILES string of the molecule is CC(C)[Si](C)(F)C#C[Si](C)(F)C(C)C. The molecule has 2 atom stereocenters. The maximum absolute atomic E-state index is 13.8. The van der Waals surface area contributed by atoms with Crippen LogP contribution in [0.3, 0.4) is 0 Å². The number of rotatable bonds is 2. The predicted octanol–water partition coefficient (Wildman–Crippen LogP) is 3.98. The van der Waals surface area contributed by atoms with E-state index >= 15 is 0 Å². The third-order valence-corrected chi connectivity index (χ3v) is 8.53. The fourth-order valence-electron chi connectivity index (χ4n) is 0.533. The summed E-state index contributed by atoms with van der Waals surface area (Å²) in [5.41, 5.74) is 5.05. The Bertz CT molecular complexity index is 223. The molecule has 0 saturated heterocycles. The Hall–Kier alpha value is -0.146. The van der Waals surface area contributed by atoms with Gasteiger partial charge in [-0.25, -0.2) is 0 Å². The van der Waals surface area contributed by atoms with Crippen LogP contribution in [0.5, 0.6) is 0 Å². The van der Waals surface area contributed by atoms with E-state index in [1.165, 1.54) is 0 Å². The van der Waals surface area contributed by atoms with Crippen LogP contribution in [0.2, 0.25) is 24.2 Å². The van der Waals surface area contributed by atoms with Crippen LogP contribution in [0.4, 0.5) is 8.22 Å². The molecule has 0 saturated carbocycles. The van der Waals surface area contributed by atoms with Crippen LogP contribution in [0.1, 0.15) is 27.7 Å². The van der Waals surface area contributed by atoms with Crippen LogP contribution < -0.4 is 0 Å². The Labute approximate surface area is 88.5 Å². The van der Waals surface area contributed by atoms with Crippen LogP contribution in [0, 0.1) is 11.1 Å². The highest BCUT2D eigenvalue weighted by Gasteiger charge is 2.34. The van der Waals surface area contributed by atoms with Gasteiger partial charge in [0.2, 0.25) is 0 Å². The molecule has 0 heterocycles. The lowest BCUT2D eigenvalue weighted by Gasteiger charge is -2.17. The molecule has 0 amide bonds. The van der Waals surface area contributed by atoms with Crippen molar-refractivity contribution in [3.8, 4) is 11.1 Å². The van der Waals surface area contributed by atoms with E-state index in [4.69, 9.17) is 0 Å². The zero-order valence-electron chi connectivity index (χ0n) is 9.91. The summed E-state index contributed by atoms with van der Waals surface area (Å²) in [6.45, 7) is 10.4. The van der Waals surface area contributed by atoms with Gasteiger partial charge in [-0.2, -0.15) is 0 Å². The normalized spacial score (nSPS) is 19.9. The second-order valence-corrected chi connectivity index (χ2v) is 11.8. The minimum Gasteiger partial charge on any atom is -0.297 e. The minimum absolute atomic E-state index is 0.0630. The van der Waals surface area contributed by atoms with Crippen LogP contribution in [0.25, 0.3) is 0 Å². The van der Waals surface area contributed by atoms with Crippen LogP contribution in [-0.2, 0) is 0 Å². The number of halogens is 2. The molecule has 14 heavy (non-hydrogen) atoms. The average molecular weight is 234 g/mol. The lowest BCUT2D eigenvalue weighted by atomic mass is 10.6. The van der Waals surface area contributed by atoms with E-state index in [0.29, 0.717) is 0 Å². The zero-order valence-corrected chi connectivity index (χ0v) is 11.9. The zero-order chi connectivity index (χ0) is 11.6. The Morgan fingerprint density at radius 3 is 1.14 bits per heavy atom. The summed E-state index contributed by atoms with van der Waals surface area (Å²) < 4.78 is 27.7. The van der Waals surface area contributed by atoms with Crippen molar-refractivity contribution in [2.24, 2.45) is 0 Å². The molecular weight excluding hydrogens is 214 g/mol. The highest BCUT2D eigenvalue weighted by molar-refractivity contribution is 6.86. The third kappa shape index (κ3) is 3.93. The first-order chi connectivity index (χ1) is 6.09. The van der Waals surface area contributed by atoms with Crippen molar-refractivity contribution in [1.29, 1.82) is 0 Å². The summed E-state index contributed by atoms with van der Waals surface area (Å²) in [5, 5.41) is 0. The smallest absolute Gasteiger partial charge is 0.297 e. The summed E-state index contributed by atoms with van der Waals surface area (Å²) in [6, 6.07) is 0. The van der Waals surface area contributed by atoms with Crippen LogP contribution >= 0.6 is 0 Å². The summed E-state index contributed by atoms with van der Waals surface area (Å²) in [4.78, 5) is 0. The average Bonchev–Trinajstić information content (AvgIpc) is 2.01. The van der Waals surface area contributed by atoms with Gasteiger partial charge >= 0.3 is 16.8 Å². The van der Waals surface area contributed by atoms with E-state index in [2.05, 4.69) is 11.1 Å². The Balaban J connectivity index is 4.74. The lowest BCUT2D eigenvalue weighted by molar-refractivity contribution is 0.755. The molecule has 0 aliphatic carbocycles. The van der Waals surface area contributed by atoms with Gasteiger partial charge < -0.3 is 0 Å². The highest BCUT2D eigenvalue weighted by Crippen LogP contribution is 2.24. The van der Waals surface area contributed by atoms with E-state index in [0.717, 1.165) is 0 Å². The molecule has 82 valence electrons. The topological polar surface area (TPSA) is 0 Å². The molecule has 0 radical (unpaired) electrons. The molecule has 0 aromatic rings. The van der Waals surface area contributed by atoms with Crippen LogP contribution in [0.15, 0.2) is 0 Å². The van der Waals surface area contributed by atoms with E-state index in [9.17, 15) is 8.22 Å². The van der Waals surface area contributed by atoms with Gasteiger partial charge in [-0.1, -0.05) is 38.8 Å². The molecule has 4 heteroatoms. The van der Waals surface area contributed by atoms with Crippen molar-refractivity contribution in [3.05, 3.63) is 0 Å². The van der Waals surface area contributed by atoms with Gasteiger partial charge in [0.1, 0.15) is 0 Å². The van der Waals surface area contributed by atoms with Crippen molar-refractivity contribution >= 4 is 16.8 Å². The Morgan fingerprint density at radius 2 is 1.00 bits per heavy atom. The van der Waals surface area contributed by atoms with Crippen molar-refractivity contribution in [2.75, 3.05) is 0 Å². The van der Waals surface area contributed by atoms with E-state index in [-0.39, 0.29) is 11.1 Å². The van der Waals surface area contributed by atoms with Gasteiger partial charge in [0.25, 0.3) is 0 Å². The molecule has 0 spiro atoms. The fourth-order valence-corrected chi connectivity index (χ4v) is 3.07. The maximum atomic E-state index is 13.8. The lowest BCUT2D eigenvalue weighted by Crippen LogP contribution is -2.31. The summed E-state index contributed by atoms with van der Waals surface area (Å²) >= 11 is 0. The third-order valence-electron chi connectivity index (χ3n) is 2.72. The van der Waals surface area contributed by atoms with Crippen LogP contribution in [-0.4, -0.2) is 16.8 Å². The van der Waals surface area contributed by atoms with Gasteiger partial charge in [0.15, 0.2) is 0 Å². The monoisotopic (exact) mass is 234 g/mol. The largest absolute Gasteiger partial charge is 0.321 e. The number of hydrogen-bond acceptors (Lipinski definition) is 0. The molecular formula is C10H20F2Si2. The highest BCUT2D eigenvalue weighted by atomic mass is 28.4. The first kappa shape index (κ1) is 13.9. The molecule has 0 fully saturated rings. The fraction of sp³-hybridized carbons (Fsp3) is 0.800. The standard InChI is InChI=1S/C10H20F2Si2/c1-9(2)13(5,11)7-8-14(6,12)10(3)4/h9-10H,1-6H3. The molecule has 0 aliphatic rings. The van der Waals surface area contributed by atoms with Gasteiger partial charge in [-0.05, 0) is 24.2 Å². The van der Waals surface area contributed by atoms with Crippen molar-refractivity contribution < 1.29 is 8.22 Å². The Morgan fingerprint density at radius 1 is 0.786 bits per heavy atom. The maximum Gasteiger partial charge on any atom is 0.321 e. The summed E-state index contributed by atoms with van der Waals surface area (Å²) in [7, 11) is -6.01. The molecule has 0 aromatic heterocycles. The first-order valence-corrected chi connectivity index (χ1v) is 9.93. The van der Waals surface area contributed by atoms with Gasteiger partial charge in [0.05, 0.1) is 0 Å². The van der Waals surface area contributed by atoms with E-state index < -0.39 is 16.8 Å². The van der Waals surface area contributed by atoms with E-state index in [1.807, 2.05) is 27.7 Å². The molecule has 0 aromatic carbocycles. The van der Waals surface area contributed by atoms with Gasteiger partial charge in [0, 0.05) is 0 Å². The molecule has 0 aliphatic heterocycles. The van der Waals surface area contributed by atoms with Crippen molar-refractivity contribution in [2.45, 2.75) is 51.9 Å². The molecule has 0 rings (SSSR count). The second-order valence-electron chi connectivity index (χ2n) is 4.71. The summed E-state index contributed by atoms with van der Waals surface area (Å²) in [5.74, 6) is 0. The quantitative estimate of drug-likeness (QED) is 0.385. The number of hydrogen-bond donors (Lipinski definition) is 0. The summed E-state index contributed by atoms with van der Waals surface area (Å²) in [6.07, 6.45) is 0. The predicted molar refractivity (Wildman–Crippen MR) is 63.4 cm³/mol. The molecule has 0 bridgehead atoms.